The number of carbonyl (C=O) groups excluding carboxylic acids is 2. The van der Waals surface area contributed by atoms with Gasteiger partial charge in [-0.05, 0) is 5.56 Å². The summed E-state index contributed by atoms with van der Waals surface area (Å²) in [6.07, 6.45) is 4.48. The Bertz CT molecular complexity index is 625. The van der Waals surface area contributed by atoms with Crippen molar-refractivity contribution in [1.82, 2.24) is 14.5 Å². The highest BCUT2D eigenvalue weighted by Crippen LogP contribution is 2.12. The van der Waals surface area contributed by atoms with Crippen molar-refractivity contribution in [2.45, 2.75) is 19.0 Å². The Labute approximate surface area is 129 Å². The molecule has 0 bridgehead atoms. The topological polar surface area (TPSA) is 64.4 Å². The molecule has 6 nitrogen and oxygen atoms in total. The first-order chi connectivity index (χ1) is 10.6. The first-order valence-corrected chi connectivity index (χ1v) is 6.93. The lowest BCUT2D eigenvalue weighted by Gasteiger charge is -2.25. The van der Waals surface area contributed by atoms with Gasteiger partial charge in [0.25, 0.3) is 0 Å². The van der Waals surface area contributed by atoms with Gasteiger partial charge in [0.2, 0.25) is 6.41 Å². The Morgan fingerprint density at radius 2 is 2.14 bits per heavy atom. The normalized spacial score (nSPS) is 11.7. The lowest BCUT2D eigenvalue weighted by Crippen LogP contribution is -2.42. The van der Waals surface area contributed by atoms with Gasteiger partial charge in [-0.15, -0.1) is 0 Å². The molecule has 0 fully saturated rings. The fourth-order valence-electron chi connectivity index (χ4n) is 2.26. The van der Waals surface area contributed by atoms with Gasteiger partial charge in [-0.1, -0.05) is 30.3 Å². The first-order valence-electron chi connectivity index (χ1n) is 6.93. The summed E-state index contributed by atoms with van der Waals surface area (Å²) in [4.78, 5) is 29.2. The number of benzene rings is 1. The van der Waals surface area contributed by atoms with Crippen LogP contribution in [0.3, 0.4) is 0 Å². The van der Waals surface area contributed by atoms with Crippen LogP contribution in [0.15, 0.2) is 42.9 Å². The van der Waals surface area contributed by atoms with Gasteiger partial charge in [0.15, 0.2) is 0 Å². The number of hydrogen-bond donors (Lipinski definition) is 0. The van der Waals surface area contributed by atoms with E-state index in [1.54, 1.807) is 10.9 Å². The minimum Gasteiger partial charge on any atom is -0.467 e. The van der Waals surface area contributed by atoms with E-state index in [-0.39, 0.29) is 0 Å². The van der Waals surface area contributed by atoms with Crippen LogP contribution in [0.1, 0.15) is 11.3 Å². The maximum Gasteiger partial charge on any atom is 0.328 e. The summed E-state index contributed by atoms with van der Waals surface area (Å²) in [6.45, 7) is 0.344. The summed E-state index contributed by atoms with van der Waals surface area (Å²) in [5.41, 5.74) is 1.68. The molecule has 1 atom stereocenters. The van der Waals surface area contributed by atoms with E-state index in [1.807, 2.05) is 43.6 Å². The molecule has 1 aromatic carbocycles. The van der Waals surface area contributed by atoms with E-state index in [4.69, 9.17) is 4.74 Å². The largest absolute Gasteiger partial charge is 0.467 e. The molecule has 0 spiro atoms. The molecule has 0 saturated carbocycles. The van der Waals surface area contributed by atoms with Gasteiger partial charge in [0, 0.05) is 26.2 Å². The maximum atomic E-state index is 12.1. The molecule has 1 aromatic heterocycles. The van der Waals surface area contributed by atoms with Crippen LogP contribution in [0.5, 0.6) is 0 Å². The number of nitrogens with zero attached hydrogens (tertiary/aromatic N) is 3. The molecular weight excluding hydrogens is 282 g/mol. The number of carbonyl (C=O) groups is 2. The lowest BCUT2D eigenvalue weighted by atomic mass is 10.1. The second-order valence-electron chi connectivity index (χ2n) is 5.04. The fourth-order valence-corrected chi connectivity index (χ4v) is 2.26. The third kappa shape index (κ3) is 3.94. The summed E-state index contributed by atoms with van der Waals surface area (Å²) in [6, 6.07) is 8.81. The Kier molecular flexibility index (Phi) is 5.30. The smallest absolute Gasteiger partial charge is 0.328 e. The van der Waals surface area contributed by atoms with Gasteiger partial charge in [0.05, 0.1) is 19.1 Å². The second-order valence-corrected chi connectivity index (χ2v) is 5.04. The lowest BCUT2D eigenvalue weighted by molar-refractivity contribution is -0.150. The molecule has 0 unspecified atom stereocenters. The van der Waals surface area contributed by atoms with Crippen LogP contribution in [0.25, 0.3) is 0 Å². The maximum absolute atomic E-state index is 12.1. The van der Waals surface area contributed by atoms with E-state index in [1.165, 1.54) is 12.0 Å². The molecule has 6 heteroatoms. The van der Waals surface area contributed by atoms with Crippen LogP contribution < -0.4 is 0 Å². The number of aromatic nitrogens is 2. The molecule has 116 valence electrons. The van der Waals surface area contributed by atoms with Crippen molar-refractivity contribution < 1.29 is 14.3 Å². The minimum absolute atomic E-state index is 0.319. The highest BCUT2D eigenvalue weighted by Gasteiger charge is 2.27. The zero-order valence-corrected chi connectivity index (χ0v) is 12.7. The molecule has 0 aliphatic carbocycles. The number of amides is 1. The molecule has 1 heterocycles. The molecule has 0 aliphatic rings. The molecule has 0 radical (unpaired) electrons. The third-order valence-corrected chi connectivity index (χ3v) is 3.38. The van der Waals surface area contributed by atoms with Crippen molar-refractivity contribution in [2.75, 3.05) is 7.11 Å². The number of ether oxygens (including phenoxy) is 1. The predicted molar refractivity (Wildman–Crippen MR) is 80.8 cm³/mol. The summed E-state index contributed by atoms with van der Waals surface area (Å²) < 4.78 is 6.64. The molecule has 0 aliphatic heterocycles. The molecule has 0 saturated heterocycles. The predicted octanol–water partition coefficient (Wildman–Crippen LogP) is 1.16. The van der Waals surface area contributed by atoms with Gasteiger partial charge in [-0.2, -0.15) is 0 Å². The summed E-state index contributed by atoms with van der Waals surface area (Å²) in [5, 5.41) is 0. The Morgan fingerprint density at radius 3 is 2.68 bits per heavy atom. The van der Waals surface area contributed by atoms with E-state index in [0.29, 0.717) is 19.4 Å². The van der Waals surface area contributed by atoms with E-state index in [0.717, 1.165) is 11.3 Å². The van der Waals surface area contributed by atoms with E-state index in [2.05, 4.69) is 4.98 Å². The molecule has 1 amide bonds. The Hall–Kier alpha value is -2.63. The standard InChI is InChI=1S/C16H19N3O3/c1-18-10-14(17-11-18)8-15(16(21)22-2)19(12-20)9-13-6-4-3-5-7-13/h3-7,10-12,15H,8-9H2,1-2H3/t15-/m0/s1. The van der Waals surface area contributed by atoms with Crippen LogP contribution in [0.4, 0.5) is 0 Å². The van der Waals surface area contributed by atoms with Gasteiger partial charge in [-0.3, -0.25) is 4.79 Å². The zero-order chi connectivity index (χ0) is 15.9. The average Bonchev–Trinajstić information content (AvgIpc) is 2.96. The third-order valence-electron chi connectivity index (χ3n) is 3.38. The van der Waals surface area contributed by atoms with E-state index >= 15 is 0 Å². The van der Waals surface area contributed by atoms with Crippen molar-refractivity contribution in [2.24, 2.45) is 7.05 Å². The van der Waals surface area contributed by atoms with Crippen LogP contribution in [0, 0.1) is 0 Å². The average molecular weight is 301 g/mol. The van der Waals surface area contributed by atoms with Crippen molar-refractivity contribution >= 4 is 12.4 Å². The van der Waals surface area contributed by atoms with Crippen molar-refractivity contribution in [3.63, 3.8) is 0 Å². The highest BCUT2D eigenvalue weighted by atomic mass is 16.5. The van der Waals surface area contributed by atoms with Gasteiger partial charge in [0.1, 0.15) is 6.04 Å². The van der Waals surface area contributed by atoms with Gasteiger partial charge in [-0.25, -0.2) is 9.78 Å². The number of imidazole rings is 1. The molecule has 22 heavy (non-hydrogen) atoms. The van der Waals surface area contributed by atoms with Crippen molar-refractivity contribution in [3.8, 4) is 0 Å². The summed E-state index contributed by atoms with van der Waals surface area (Å²) in [5.74, 6) is -0.450. The SMILES string of the molecule is COC(=O)[C@H](Cc1cn(C)cn1)N(C=O)Cc1ccccc1. The number of methoxy groups -OCH3 is 1. The van der Waals surface area contributed by atoms with Crippen LogP contribution in [0.2, 0.25) is 0 Å². The van der Waals surface area contributed by atoms with Crippen molar-refractivity contribution in [3.05, 3.63) is 54.1 Å². The molecular formula is C16H19N3O3. The highest BCUT2D eigenvalue weighted by molar-refractivity contribution is 5.78. The van der Waals surface area contributed by atoms with Gasteiger partial charge < -0.3 is 14.2 Å². The summed E-state index contributed by atoms with van der Waals surface area (Å²) in [7, 11) is 3.17. The molecule has 0 N–H and O–H groups in total. The fraction of sp³-hybridized carbons (Fsp3) is 0.312. The number of esters is 1. The van der Waals surface area contributed by atoms with Gasteiger partial charge >= 0.3 is 5.97 Å². The first kappa shape index (κ1) is 15.8. The number of rotatable bonds is 7. The van der Waals surface area contributed by atoms with Crippen LogP contribution >= 0.6 is 0 Å². The second kappa shape index (κ2) is 7.40. The number of hydrogen-bond acceptors (Lipinski definition) is 4. The molecule has 2 rings (SSSR count). The molecule has 2 aromatic rings. The van der Waals surface area contributed by atoms with E-state index < -0.39 is 12.0 Å². The Balaban J connectivity index is 2.18. The monoisotopic (exact) mass is 301 g/mol. The van der Waals surface area contributed by atoms with Crippen LogP contribution in [-0.4, -0.2) is 40.0 Å². The quantitative estimate of drug-likeness (QED) is 0.569. The van der Waals surface area contributed by atoms with E-state index in [9.17, 15) is 9.59 Å². The van der Waals surface area contributed by atoms with Crippen molar-refractivity contribution in [1.29, 1.82) is 0 Å². The summed E-state index contributed by atoms with van der Waals surface area (Å²) >= 11 is 0. The minimum atomic E-state index is -0.697. The zero-order valence-electron chi connectivity index (χ0n) is 12.7. The van der Waals surface area contributed by atoms with Crippen LogP contribution in [-0.2, 0) is 34.3 Å². The number of aryl methyl sites for hydroxylation is 1. The Morgan fingerprint density at radius 1 is 1.41 bits per heavy atom.